The van der Waals surface area contributed by atoms with Gasteiger partial charge in [0.2, 0.25) is 0 Å². The van der Waals surface area contributed by atoms with Crippen molar-refractivity contribution in [3.63, 3.8) is 0 Å². The Balaban J connectivity index is 1.42. The van der Waals surface area contributed by atoms with Gasteiger partial charge in [0.05, 0.1) is 12.3 Å². The highest BCUT2D eigenvalue weighted by Crippen LogP contribution is 2.35. The van der Waals surface area contributed by atoms with E-state index in [-0.39, 0.29) is 11.7 Å². The maximum absolute atomic E-state index is 13.3. The number of rotatable bonds is 5. The third-order valence-corrected chi connectivity index (χ3v) is 6.08. The van der Waals surface area contributed by atoms with Crippen LogP contribution in [0.2, 0.25) is 0 Å². The molecule has 3 aromatic rings. The lowest BCUT2D eigenvalue weighted by Gasteiger charge is -2.33. The van der Waals surface area contributed by atoms with Crippen LogP contribution in [0.1, 0.15) is 34.9 Å². The molecule has 2 unspecified atom stereocenters. The maximum Gasteiger partial charge on any atom is 0.453 e. The average Bonchev–Trinajstić information content (AvgIpc) is 3.47. The van der Waals surface area contributed by atoms with E-state index in [2.05, 4.69) is 38.3 Å². The standard InChI is InChI=1S/C22H23F3N6O/c23-22(24,25)21-28-29-30-31(21)17-10-15-7-9-32-20(15)16(11-17)12-27-19-6-8-26-13-18(19)14-4-2-1-3-5-14/h1-5,10-11,18-19,26-27H,6-9,12-13H2. The fourth-order valence-corrected chi connectivity index (χ4v) is 4.56. The summed E-state index contributed by atoms with van der Waals surface area (Å²) in [7, 11) is 0. The summed E-state index contributed by atoms with van der Waals surface area (Å²) in [5, 5.41) is 17.1. The first-order chi connectivity index (χ1) is 15.5. The van der Waals surface area contributed by atoms with E-state index in [9.17, 15) is 13.2 Å². The predicted octanol–water partition coefficient (Wildman–Crippen LogP) is 2.85. The topological polar surface area (TPSA) is 76.9 Å². The van der Waals surface area contributed by atoms with Crippen molar-refractivity contribution in [2.24, 2.45) is 0 Å². The summed E-state index contributed by atoms with van der Waals surface area (Å²) in [4.78, 5) is 0. The number of hydrogen-bond acceptors (Lipinski definition) is 6. The number of hydrogen-bond donors (Lipinski definition) is 2. The Morgan fingerprint density at radius 3 is 2.84 bits per heavy atom. The van der Waals surface area contributed by atoms with Crippen LogP contribution in [-0.4, -0.2) is 45.9 Å². The van der Waals surface area contributed by atoms with E-state index in [1.807, 2.05) is 18.2 Å². The largest absolute Gasteiger partial charge is 0.493 e. The van der Waals surface area contributed by atoms with Crippen LogP contribution in [0.3, 0.4) is 0 Å². The van der Waals surface area contributed by atoms with Crippen LogP contribution >= 0.6 is 0 Å². The van der Waals surface area contributed by atoms with E-state index in [0.717, 1.165) is 41.1 Å². The summed E-state index contributed by atoms with van der Waals surface area (Å²) in [6, 6.07) is 13.9. The molecule has 0 amide bonds. The summed E-state index contributed by atoms with van der Waals surface area (Å²) in [5.74, 6) is -0.0932. The van der Waals surface area contributed by atoms with Gasteiger partial charge < -0.3 is 15.4 Å². The van der Waals surface area contributed by atoms with Gasteiger partial charge in [0.25, 0.3) is 5.82 Å². The normalized spacial score (nSPS) is 20.7. The van der Waals surface area contributed by atoms with Gasteiger partial charge in [-0.15, -0.1) is 5.10 Å². The summed E-state index contributed by atoms with van der Waals surface area (Å²) in [6.07, 6.45) is -3.05. The lowest BCUT2D eigenvalue weighted by molar-refractivity contribution is -0.146. The van der Waals surface area contributed by atoms with Gasteiger partial charge in [0.15, 0.2) is 0 Å². The molecule has 3 heterocycles. The van der Waals surface area contributed by atoms with Gasteiger partial charge in [-0.1, -0.05) is 30.3 Å². The van der Waals surface area contributed by atoms with E-state index in [1.54, 1.807) is 12.1 Å². The van der Waals surface area contributed by atoms with Crippen molar-refractivity contribution in [2.45, 2.75) is 37.5 Å². The second kappa shape index (κ2) is 8.51. The molecule has 168 valence electrons. The Labute approximate surface area is 183 Å². The molecule has 0 aliphatic carbocycles. The fraction of sp³-hybridized carbons (Fsp3) is 0.409. The molecule has 2 aromatic carbocycles. The Morgan fingerprint density at radius 1 is 1.19 bits per heavy atom. The first-order valence-electron chi connectivity index (χ1n) is 10.6. The first-order valence-corrected chi connectivity index (χ1v) is 10.6. The predicted molar refractivity (Wildman–Crippen MR) is 111 cm³/mol. The number of nitrogens with one attached hydrogen (secondary N) is 2. The van der Waals surface area contributed by atoms with Gasteiger partial charge in [-0.25, -0.2) is 0 Å². The smallest absolute Gasteiger partial charge is 0.453 e. The fourth-order valence-electron chi connectivity index (χ4n) is 4.56. The van der Waals surface area contributed by atoms with Gasteiger partial charge >= 0.3 is 6.18 Å². The van der Waals surface area contributed by atoms with Crippen molar-refractivity contribution in [3.8, 4) is 11.4 Å². The van der Waals surface area contributed by atoms with E-state index in [0.29, 0.717) is 25.5 Å². The maximum atomic E-state index is 13.3. The molecule has 2 aliphatic heterocycles. The van der Waals surface area contributed by atoms with Crippen molar-refractivity contribution in [1.29, 1.82) is 0 Å². The molecule has 32 heavy (non-hydrogen) atoms. The molecule has 1 fully saturated rings. The van der Waals surface area contributed by atoms with Gasteiger partial charge in [-0.2, -0.15) is 17.9 Å². The molecule has 0 radical (unpaired) electrons. The number of ether oxygens (including phenoxy) is 1. The second-order valence-corrected chi connectivity index (χ2v) is 8.10. The molecule has 1 aromatic heterocycles. The number of fused-ring (bicyclic) bond motifs is 1. The zero-order chi connectivity index (χ0) is 22.1. The van der Waals surface area contributed by atoms with E-state index in [4.69, 9.17) is 4.74 Å². The minimum atomic E-state index is -4.64. The zero-order valence-electron chi connectivity index (χ0n) is 17.3. The van der Waals surface area contributed by atoms with Crippen LogP contribution in [-0.2, 0) is 19.1 Å². The van der Waals surface area contributed by atoms with Crippen LogP contribution in [0.5, 0.6) is 5.75 Å². The molecule has 0 bridgehead atoms. The van der Waals surface area contributed by atoms with Crippen molar-refractivity contribution in [1.82, 2.24) is 30.8 Å². The number of halogens is 3. The average molecular weight is 444 g/mol. The van der Waals surface area contributed by atoms with Crippen LogP contribution in [0.15, 0.2) is 42.5 Å². The number of benzene rings is 2. The van der Waals surface area contributed by atoms with Gasteiger partial charge in [-0.05, 0) is 46.7 Å². The molecule has 10 heteroatoms. The van der Waals surface area contributed by atoms with Crippen molar-refractivity contribution >= 4 is 0 Å². The van der Waals surface area contributed by atoms with E-state index < -0.39 is 12.0 Å². The molecule has 2 atom stereocenters. The molecule has 2 N–H and O–H groups in total. The van der Waals surface area contributed by atoms with Crippen LogP contribution < -0.4 is 15.4 Å². The van der Waals surface area contributed by atoms with Gasteiger partial charge in [0.1, 0.15) is 5.75 Å². The van der Waals surface area contributed by atoms with Gasteiger partial charge in [-0.3, -0.25) is 0 Å². The molecule has 1 saturated heterocycles. The SMILES string of the molecule is FC(F)(F)c1nnnn1-c1cc2c(c(CNC3CCNCC3c3ccccc3)c1)OCC2. The summed E-state index contributed by atoms with van der Waals surface area (Å²) in [6.45, 7) is 2.77. The molecule has 7 nitrogen and oxygen atoms in total. The van der Waals surface area contributed by atoms with Crippen LogP contribution in [0, 0.1) is 0 Å². The number of piperidine rings is 1. The van der Waals surface area contributed by atoms with Gasteiger partial charge in [0, 0.05) is 37.0 Å². The van der Waals surface area contributed by atoms with Crippen molar-refractivity contribution in [2.75, 3.05) is 19.7 Å². The highest BCUT2D eigenvalue weighted by Gasteiger charge is 2.39. The number of tetrazole rings is 1. The van der Waals surface area contributed by atoms with Crippen molar-refractivity contribution in [3.05, 3.63) is 65.0 Å². The first kappa shape index (κ1) is 20.9. The third-order valence-electron chi connectivity index (χ3n) is 6.08. The monoisotopic (exact) mass is 444 g/mol. The molecular formula is C22H23F3N6O. The lowest BCUT2D eigenvalue weighted by Crippen LogP contribution is -2.45. The number of aromatic nitrogens is 4. The molecule has 2 aliphatic rings. The highest BCUT2D eigenvalue weighted by atomic mass is 19.4. The minimum Gasteiger partial charge on any atom is -0.493 e. The second-order valence-electron chi connectivity index (χ2n) is 8.10. The summed E-state index contributed by atoms with van der Waals surface area (Å²) in [5.41, 5.74) is 3.22. The quantitative estimate of drug-likeness (QED) is 0.630. The van der Waals surface area contributed by atoms with E-state index >= 15 is 0 Å². The zero-order valence-corrected chi connectivity index (χ0v) is 17.3. The van der Waals surface area contributed by atoms with Crippen LogP contribution in [0.25, 0.3) is 5.69 Å². The summed E-state index contributed by atoms with van der Waals surface area (Å²) < 4.78 is 46.6. The van der Waals surface area contributed by atoms with E-state index in [1.165, 1.54) is 5.56 Å². The minimum absolute atomic E-state index is 0.234. The Hall–Kier alpha value is -2.98. The number of nitrogens with zero attached hydrogens (tertiary/aromatic N) is 4. The highest BCUT2D eigenvalue weighted by molar-refractivity contribution is 5.52. The Bertz CT molecular complexity index is 1090. The lowest BCUT2D eigenvalue weighted by atomic mass is 9.87. The molecule has 0 saturated carbocycles. The molecule has 5 rings (SSSR count). The number of alkyl halides is 3. The van der Waals surface area contributed by atoms with Crippen molar-refractivity contribution < 1.29 is 17.9 Å². The third kappa shape index (κ3) is 4.07. The molecular weight excluding hydrogens is 421 g/mol. The summed E-state index contributed by atoms with van der Waals surface area (Å²) >= 11 is 0. The van der Waals surface area contributed by atoms with Crippen LogP contribution in [0.4, 0.5) is 13.2 Å². The Kier molecular flexibility index (Phi) is 5.56. The Morgan fingerprint density at radius 2 is 2.03 bits per heavy atom. The molecule has 0 spiro atoms.